The molecule has 10 rings (SSSR count). The van der Waals surface area contributed by atoms with E-state index in [-0.39, 0.29) is 22.8 Å². The van der Waals surface area contributed by atoms with E-state index in [1.807, 2.05) is 23.0 Å². The zero-order chi connectivity index (χ0) is 49.7. The van der Waals surface area contributed by atoms with E-state index in [2.05, 4.69) is 20.1 Å². The summed E-state index contributed by atoms with van der Waals surface area (Å²) in [6, 6.07) is 9.25. The first kappa shape index (κ1) is 51.1. The summed E-state index contributed by atoms with van der Waals surface area (Å²) >= 11 is 0. The van der Waals surface area contributed by atoms with E-state index in [9.17, 15) is 35.2 Å². The summed E-state index contributed by atoms with van der Waals surface area (Å²) in [5.41, 5.74) is 6.76. The highest BCUT2D eigenvalue weighted by Crippen LogP contribution is 2.34. The van der Waals surface area contributed by atoms with Crippen molar-refractivity contribution in [3.63, 3.8) is 0 Å². The fourth-order valence-electron chi connectivity index (χ4n) is 10.1. The lowest BCUT2D eigenvalue weighted by molar-refractivity contribution is 0.211. The number of hydrogen-bond donors (Lipinski definition) is 2. The number of piperidine rings is 2. The van der Waals surface area contributed by atoms with Gasteiger partial charge in [0.25, 0.3) is 31.4 Å². The summed E-state index contributed by atoms with van der Waals surface area (Å²) in [7, 11) is -8.59. The van der Waals surface area contributed by atoms with Gasteiger partial charge in [-0.2, -0.15) is 16.8 Å². The molecule has 2 fully saturated rings. The molecule has 22 heteroatoms. The number of aromatic nitrogens is 6. The third-order valence-corrected chi connectivity index (χ3v) is 15.7. The molecular formula is C48H60F2N8O10S2. The van der Waals surface area contributed by atoms with Gasteiger partial charge in [0.05, 0.1) is 22.9 Å². The molecule has 4 aliphatic rings. The molecule has 4 aliphatic heterocycles. The molecule has 2 N–H and O–H groups in total. The third-order valence-electron chi connectivity index (χ3n) is 14.0. The Labute approximate surface area is 404 Å². The SMILES string of the molecule is Cc1nc2n(c(=O)c1CCN1CCC(c3noc4cc(F)ccc34)CC1)CCCC2.Cc1nc2n(c(=O)c1CCN1CCC(c3noc4cc(F)ccc34)CC1)CCCC2.O=S(=O)(O)CCS(=O)(=O)O. The molecule has 0 radical (unpaired) electrons. The predicted octanol–water partition coefficient (Wildman–Crippen LogP) is 5.94. The fraction of sp³-hybridized carbons (Fsp3) is 0.542. The zero-order valence-corrected chi connectivity index (χ0v) is 41.1. The second-order valence-corrected chi connectivity index (χ2v) is 21.9. The maximum atomic E-state index is 13.4. The van der Waals surface area contributed by atoms with Crippen LogP contribution in [-0.2, 0) is 59.0 Å². The number of nitrogens with zero attached hydrogens (tertiary/aromatic N) is 8. The molecule has 0 atom stereocenters. The molecule has 18 nitrogen and oxygen atoms in total. The van der Waals surface area contributed by atoms with Crippen LogP contribution < -0.4 is 11.1 Å². The highest BCUT2D eigenvalue weighted by atomic mass is 32.2. The Kier molecular flexibility index (Phi) is 16.1. The quantitative estimate of drug-likeness (QED) is 0.143. The Bertz CT molecular complexity index is 2960. The average molecular weight is 1010 g/mol. The van der Waals surface area contributed by atoms with Gasteiger partial charge in [0, 0.05) is 96.3 Å². The molecule has 0 saturated carbocycles. The van der Waals surface area contributed by atoms with Crippen molar-refractivity contribution in [1.82, 2.24) is 39.2 Å². The number of rotatable bonds is 11. The molecule has 6 aromatic rings. The Balaban J connectivity index is 0.000000158. The number of benzene rings is 2. The van der Waals surface area contributed by atoms with Crippen molar-refractivity contribution in [3.05, 3.63) is 114 Å². The van der Waals surface area contributed by atoms with E-state index in [0.717, 1.165) is 186 Å². The van der Waals surface area contributed by atoms with Crippen LogP contribution in [0.5, 0.6) is 0 Å². The van der Waals surface area contributed by atoms with Crippen LogP contribution in [0.15, 0.2) is 55.0 Å². The molecule has 0 aliphatic carbocycles. The molecule has 378 valence electrons. The molecule has 8 heterocycles. The van der Waals surface area contributed by atoms with Crippen molar-refractivity contribution in [3.8, 4) is 0 Å². The number of fused-ring (bicyclic) bond motifs is 4. The molecule has 0 amide bonds. The van der Waals surface area contributed by atoms with Gasteiger partial charge in [0.15, 0.2) is 11.2 Å². The molecule has 2 saturated heterocycles. The van der Waals surface area contributed by atoms with Crippen molar-refractivity contribution >= 4 is 42.2 Å². The van der Waals surface area contributed by atoms with E-state index in [1.165, 1.54) is 24.3 Å². The second kappa shape index (κ2) is 22.0. The average Bonchev–Trinajstić information content (AvgIpc) is 3.95. The van der Waals surface area contributed by atoms with E-state index in [1.54, 1.807) is 12.1 Å². The van der Waals surface area contributed by atoms with Crippen LogP contribution in [0.3, 0.4) is 0 Å². The van der Waals surface area contributed by atoms with Gasteiger partial charge in [-0.1, -0.05) is 10.3 Å². The maximum absolute atomic E-state index is 13.4. The van der Waals surface area contributed by atoms with Gasteiger partial charge >= 0.3 is 0 Å². The summed E-state index contributed by atoms with van der Waals surface area (Å²) in [5, 5.41) is 10.3. The van der Waals surface area contributed by atoms with E-state index in [4.69, 9.17) is 28.1 Å². The highest BCUT2D eigenvalue weighted by Gasteiger charge is 2.28. The fourth-order valence-corrected chi connectivity index (χ4v) is 11.8. The van der Waals surface area contributed by atoms with Crippen LogP contribution in [0.1, 0.15) is 109 Å². The first-order chi connectivity index (χ1) is 33.4. The lowest BCUT2D eigenvalue weighted by Crippen LogP contribution is -2.37. The molecule has 0 spiro atoms. The first-order valence-corrected chi connectivity index (χ1v) is 27.3. The smallest absolute Gasteiger partial charge is 0.265 e. The molecule has 4 aromatic heterocycles. The largest absolute Gasteiger partial charge is 0.356 e. The molecule has 0 bridgehead atoms. The van der Waals surface area contributed by atoms with Crippen molar-refractivity contribution in [2.24, 2.45) is 0 Å². The van der Waals surface area contributed by atoms with Gasteiger partial charge in [-0.15, -0.1) is 0 Å². The Morgan fingerprint density at radius 1 is 0.600 bits per heavy atom. The standard InChI is InChI=1S/2C23H27FN4O2.C2H6O6S2/c2*1-15-18(23(29)28-10-3-2-4-21(28)25-15)9-13-27-11-7-16(8-12-27)22-19-6-5-17(24)14-20(19)30-26-22;3-9(4,5)1-2-10(6,7)8/h2*5-6,14,16H,2-4,7-13H2,1H3;1-2H2,(H,3,4,5)(H,6,7,8). The van der Waals surface area contributed by atoms with Crippen LogP contribution in [0.2, 0.25) is 0 Å². The van der Waals surface area contributed by atoms with Gasteiger partial charge in [-0.25, -0.2) is 18.7 Å². The predicted molar refractivity (Wildman–Crippen MR) is 257 cm³/mol. The van der Waals surface area contributed by atoms with Gasteiger partial charge in [0.1, 0.15) is 23.3 Å². The highest BCUT2D eigenvalue weighted by molar-refractivity contribution is 7.89. The minimum Gasteiger partial charge on any atom is -0.356 e. The molecule has 2 aromatic carbocycles. The summed E-state index contributed by atoms with van der Waals surface area (Å²) < 4.78 is 96.6. The summed E-state index contributed by atoms with van der Waals surface area (Å²) in [5.74, 6) is -0.0131. The van der Waals surface area contributed by atoms with Crippen LogP contribution in [0, 0.1) is 25.5 Å². The van der Waals surface area contributed by atoms with Crippen molar-refractivity contribution < 1.29 is 43.8 Å². The van der Waals surface area contributed by atoms with Gasteiger partial charge < -0.3 is 18.8 Å². The van der Waals surface area contributed by atoms with Crippen molar-refractivity contribution in [1.29, 1.82) is 0 Å². The van der Waals surface area contributed by atoms with Crippen molar-refractivity contribution in [2.75, 3.05) is 50.8 Å². The summed E-state index contributed by atoms with van der Waals surface area (Å²) in [4.78, 5) is 40.1. The van der Waals surface area contributed by atoms with Crippen molar-refractivity contribution in [2.45, 2.75) is 116 Å². The topological polar surface area (TPSA) is 237 Å². The van der Waals surface area contributed by atoms with Crippen LogP contribution in [0.4, 0.5) is 8.78 Å². The number of likely N-dealkylation sites (tertiary alicyclic amines) is 2. The molecular weight excluding hydrogens is 951 g/mol. The lowest BCUT2D eigenvalue weighted by atomic mass is 9.91. The zero-order valence-electron chi connectivity index (χ0n) is 39.5. The minimum atomic E-state index is -4.30. The maximum Gasteiger partial charge on any atom is 0.265 e. The Morgan fingerprint density at radius 2 is 0.986 bits per heavy atom. The van der Waals surface area contributed by atoms with Crippen LogP contribution in [0.25, 0.3) is 21.9 Å². The lowest BCUT2D eigenvalue weighted by Gasteiger charge is -2.31. The van der Waals surface area contributed by atoms with E-state index >= 15 is 0 Å². The van der Waals surface area contributed by atoms with E-state index in [0.29, 0.717) is 23.0 Å². The van der Waals surface area contributed by atoms with E-state index < -0.39 is 31.7 Å². The van der Waals surface area contributed by atoms with Gasteiger partial charge in [-0.3, -0.25) is 27.8 Å². The van der Waals surface area contributed by atoms with Crippen LogP contribution >= 0.6 is 0 Å². The number of halogens is 2. The third kappa shape index (κ3) is 12.6. The summed E-state index contributed by atoms with van der Waals surface area (Å²) in [6.07, 6.45) is 11.6. The molecule has 70 heavy (non-hydrogen) atoms. The molecule has 0 unspecified atom stereocenters. The minimum absolute atomic E-state index is 0.161. The first-order valence-electron chi connectivity index (χ1n) is 24.0. The Hall–Kier alpha value is -5.26. The Morgan fingerprint density at radius 3 is 1.36 bits per heavy atom. The van der Waals surface area contributed by atoms with Gasteiger partial charge in [-0.05, 0) is 129 Å². The second-order valence-electron chi connectivity index (χ2n) is 18.7. The summed E-state index contributed by atoms with van der Waals surface area (Å²) in [6.45, 7) is 11.1. The van der Waals surface area contributed by atoms with Gasteiger partial charge in [0.2, 0.25) is 0 Å². The normalized spacial score (nSPS) is 17.4. The van der Waals surface area contributed by atoms with Crippen LogP contribution in [-0.4, -0.2) is 116 Å². The monoisotopic (exact) mass is 1010 g/mol. The number of aryl methyl sites for hydroxylation is 4. The number of hydrogen-bond acceptors (Lipinski definition) is 14.